The summed E-state index contributed by atoms with van der Waals surface area (Å²) in [6.45, 7) is 2.46. The van der Waals surface area contributed by atoms with Crippen molar-refractivity contribution in [1.29, 1.82) is 0 Å². The lowest BCUT2D eigenvalue weighted by atomic mass is 10.1. The molecule has 3 rings (SSSR count). The van der Waals surface area contributed by atoms with Crippen molar-refractivity contribution >= 4 is 34.1 Å². The largest absolute Gasteiger partial charge is 0.418 e. The number of para-hydroxylation sites is 1. The van der Waals surface area contributed by atoms with Crippen molar-refractivity contribution in [3.05, 3.63) is 40.9 Å². The number of benzene rings is 1. The summed E-state index contributed by atoms with van der Waals surface area (Å²) in [5.74, 6) is -0.685. The molecule has 0 aliphatic carbocycles. The molecule has 8 nitrogen and oxygen atoms in total. The molecule has 0 atom stereocenters. The predicted octanol–water partition coefficient (Wildman–Crippen LogP) is 2.47. The molecule has 0 radical (unpaired) electrons. The van der Waals surface area contributed by atoms with E-state index in [4.69, 9.17) is 4.74 Å². The fourth-order valence-electron chi connectivity index (χ4n) is 2.44. The Bertz CT molecular complexity index is 852. The molecule has 1 aromatic carbocycles. The second-order valence-corrected chi connectivity index (χ2v) is 6.53. The van der Waals surface area contributed by atoms with Crippen molar-refractivity contribution in [3.63, 3.8) is 0 Å². The van der Waals surface area contributed by atoms with Crippen molar-refractivity contribution in [2.24, 2.45) is 0 Å². The summed E-state index contributed by atoms with van der Waals surface area (Å²) in [6, 6.07) is 3.50. The topological polar surface area (TPSA) is 95.6 Å². The van der Waals surface area contributed by atoms with E-state index in [-0.39, 0.29) is 5.69 Å². The van der Waals surface area contributed by atoms with Crippen LogP contribution in [0.2, 0.25) is 0 Å². The van der Waals surface area contributed by atoms with Gasteiger partial charge in [0.2, 0.25) is 0 Å². The molecule has 1 saturated heterocycles. The highest BCUT2D eigenvalue weighted by atomic mass is 32.1. The van der Waals surface area contributed by atoms with Crippen LogP contribution in [-0.4, -0.2) is 43.2 Å². The second-order valence-electron chi connectivity index (χ2n) is 5.69. The number of anilines is 2. The van der Waals surface area contributed by atoms with Gasteiger partial charge in [0.15, 0.2) is 5.13 Å². The number of rotatable bonds is 3. The van der Waals surface area contributed by atoms with Crippen LogP contribution in [0.4, 0.5) is 28.8 Å². The Labute approximate surface area is 161 Å². The molecule has 1 aromatic heterocycles. The normalized spacial score (nSPS) is 14.5. The number of nitrogens with one attached hydrogen (secondary N) is 3. The number of morpholine rings is 1. The summed E-state index contributed by atoms with van der Waals surface area (Å²) in [6.07, 6.45) is -4.62. The lowest BCUT2D eigenvalue weighted by Crippen LogP contribution is -2.44. The van der Waals surface area contributed by atoms with Gasteiger partial charge in [-0.15, -0.1) is 11.3 Å². The number of thiazole rings is 1. The molecule has 0 spiro atoms. The molecule has 0 unspecified atom stereocenters. The first kappa shape index (κ1) is 19.9. The van der Waals surface area contributed by atoms with Gasteiger partial charge in [-0.3, -0.25) is 10.2 Å². The van der Waals surface area contributed by atoms with E-state index in [0.717, 1.165) is 12.1 Å². The minimum Gasteiger partial charge on any atom is -0.378 e. The standard InChI is InChI=1S/C16H16F3N5O3S/c17-16(18,19)10-3-1-2-4-11(10)20-14(26)23-22-13(25)12-9-28-15(21-12)24-5-7-27-8-6-24/h1-4,9H,5-8H2,(H,22,25)(H2,20,23,26). The van der Waals surface area contributed by atoms with Gasteiger partial charge in [0, 0.05) is 18.5 Å². The van der Waals surface area contributed by atoms with E-state index in [2.05, 4.69) is 15.7 Å². The molecule has 0 saturated carbocycles. The summed E-state index contributed by atoms with van der Waals surface area (Å²) in [7, 11) is 0. The van der Waals surface area contributed by atoms with Crippen LogP contribution in [0.5, 0.6) is 0 Å². The number of amides is 3. The fraction of sp³-hybridized carbons (Fsp3) is 0.312. The van der Waals surface area contributed by atoms with Crippen LogP contribution in [0.1, 0.15) is 16.1 Å². The third-order valence-electron chi connectivity index (χ3n) is 3.78. The number of nitrogens with zero attached hydrogens (tertiary/aromatic N) is 2. The monoisotopic (exact) mass is 415 g/mol. The van der Waals surface area contributed by atoms with Crippen LogP contribution in [0, 0.1) is 0 Å². The zero-order valence-corrected chi connectivity index (χ0v) is 15.2. The molecular weight excluding hydrogens is 399 g/mol. The highest BCUT2D eigenvalue weighted by Gasteiger charge is 2.33. The van der Waals surface area contributed by atoms with Gasteiger partial charge in [0.25, 0.3) is 5.91 Å². The molecule has 28 heavy (non-hydrogen) atoms. The summed E-state index contributed by atoms with van der Waals surface area (Å²) >= 11 is 1.27. The minimum absolute atomic E-state index is 0.0856. The van der Waals surface area contributed by atoms with Gasteiger partial charge >= 0.3 is 12.2 Å². The number of ether oxygens (including phenoxy) is 1. The van der Waals surface area contributed by atoms with Crippen molar-refractivity contribution in [3.8, 4) is 0 Å². The van der Waals surface area contributed by atoms with Gasteiger partial charge in [-0.2, -0.15) is 13.2 Å². The van der Waals surface area contributed by atoms with Crippen molar-refractivity contribution in [2.45, 2.75) is 6.18 Å². The van der Waals surface area contributed by atoms with Crippen LogP contribution in [-0.2, 0) is 10.9 Å². The lowest BCUT2D eigenvalue weighted by Gasteiger charge is -2.25. The third-order valence-corrected chi connectivity index (χ3v) is 4.68. The third kappa shape index (κ3) is 4.89. The first-order valence-electron chi connectivity index (χ1n) is 8.16. The van der Waals surface area contributed by atoms with E-state index in [1.807, 2.05) is 10.3 Å². The Hall–Kier alpha value is -2.86. The van der Waals surface area contributed by atoms with E-state index in [1.54, 1.807) is 0 Å². The van der Waals surface area contributed by atoms with E-state index in [0.29, 0.717) is 31.4 Å². The van der Waals surface area contributed by atoms with Crippen LogP contribution < -0.4 is 21.1 Å². The van der Waals surface area contributed by atoms with Crippen LogP contribution in [0.15, 0.2) is 29.6 Å². The Morgan fingerprint density at radius 1 is 1.14 bits per heavy atom. The summed E-state index contributed by atoms with van der Waals surface area (Å²) in [5, 5.41) is 4.23. The average Bonchev–Trinajstić information content (AvgIpc) is 3.17. The highest BCUT2D eigenvalue weighted by Crippen LogP contribution is 2.34. The summed E-state index contributed by atoms with van der Waals surface area (Å²) in [4.78, 5) is 30.1. The number of hydrogen-bond donors (Lipinski definition) is 3. The number of hydrogen-bond acceptors (Lipinski definition) is 6. The van der Waals surface area contributed by atoms with E-state index >= 15 is 0 Å². The van der Waals surface area contributed by atoms with Crippen molar-refractivity contribution < 1.29 is 27.5 Å². The number of carbonyl (C=O) groups is 2. The lowest BCUT2D eigenvalue weighted by molar-refractivity contribution is -0.136. The Balaban J connectivity index is 1.55. The van der Waals surface area contributed by atoms with Gasteiger partial charge in [0.05, 0.1) is 24.5 Å². The molecule has 0 bridgehead atoms. The second kappa shape index (κ2) is 8.44. The first-order valence-corrected chi connectivity index (χ1v) is 9.04. The van der Waals surface area contributed by atoms with Gasteiger partial charge in [-0.1, -0.05) is 12.1 Å². The maximum absolute atomic E-state index is 12.9. The number of urea groups is 1. The molecule has 1 aliphatic rings. The number of aromatic nitrogens is 1. The Kier molecular flexibility index (Phi) is 5.99. The molecule has 3 N–H and O–H groups in total. The molecule has 150 valence electrons. The quantitative estimate of drug-likeness (QED) is 0.670. The summed E-state index contributed by atoms with van der Waals surface area (Å²) in [5.41, 5.74) is 2.79. The minimum atomic E-state index is -4.62. The molecule has 2 aromatic rings. The smallest absolute Gasteiger partial charge is 0.378 e. The van der Waals surface area contributed by atoms with Gasteiger partial charge in [0.1, 0.15) is 5.69 Å². The first-order chi connectivity index (χ1) is 13.3. The number of hydrazine groups is 1. The SMILES string of the molecule is O=C(NNC(=O)c1csc(N2CCOCC2)n1)Nc1ccccc1C(F)(F)F. The van der Waals surface area contributed by atoms with Gasteiger partial charge in [-0.25, -0.2) is 15.2 Å². The van der Waals surface area contributed by atoms with E-state index in [1.165, 1.54) is 28.8 Å². The molecule has 12 heteroatoms. The maximum atomic E-state index is 12.9. The van der Waals surface area contributed by atoms with Crippen molar-refractivity contribution in [2.75, 3.05) is 36.5 Å². The van der Waals surface area contributed by atoms with Crippen LogP contribution in [0.3, 0.4) is 0 Å². The predicted molar refractivity (Wildman–Crippen MR) is 96.2 cm³/mol. The molecule has 2 heterocycles. The fourth-order valence-corrected chi connectivity index (χ4v) is 3.30. The van der Waals surface area contributed by atoms with Gasteiger partial charge in [-0.05, 0) is 12.1 Å². The summed E-state index contributed by atoms with van der Waals surface area (Å²) < 4.78 is 44.0. The maximum Gasteiger partial charge on any atom is 0.418 e. The molecule has 3 amide bonds. The van der Waals surface area contributed by atoms with E-state index in [9.17, 15) is 22.8 Å². The average molecular weight is 415 g/mol. The highest BCUT2D eigenvalue weighted by molar-refractivity contribution is 7.13. The number of alkyl halides is 3. The van der Waals surface area contributed by atoms with Gasteiger partial charge < -0.3 is 15.0 Å². The molecule has 1 aliphatic heterocycles. The van der Waals surface area contributed by atoms with Crippen LogP contribution >= 0.6 is 11.3 Å². The van der Waals surface area contributed by atoms with Crippen molar-refractivity contribution in [1.82, 2.24) is 15.8 Å². The Morgan fingerprint density at radius 2 is 1.86 bits per heavy atom. The molecule has 1 fully saturated rings. The van der Waals surface area contributed by atoms with E-state index < -0.39 is 29.4 Å². The number of carbonyl (C=O) groups excluding carboxylic acids is 2. The molecular formula is C16H16F3N5O3S. The zero-order valence-electron chi connectivity index (χ0n) is 14.4. The Morgan fingerprint density at radius 3 is 2.57 bits per heavy atom. The van der Waals surface area contributed by atoms with Crippen LogP contribution in [0.25, 0.3) is 0 Å². The zero-order chi connectivity index (χ0) is 20.1. The number of halogens is 3.